The largest absolute Gasteiger partial charge is 0.492 e. The van der Waals surface area contributed by atoms with E-state index in [-0.39, 0.29) is 0 Å². The molecule has 19 heavy (non-hydrogen) atoms. The van der Waals surface area contributed by atoms with Crippen molar-refractivity contribution in [3.63, 3.8) is 0 Å². The molecule has 0 saturated carbocycles. The van der Waals surface area contributed by atoms with Crippen LogP contribution in [0.3, 0.4) is 0 Å². The molecule has 0 aliphatic heterocycles. The van der Waals surface area contributed by atoms with Gasteiger partial charge in [-0.05, 0) is 24.3 Å². The molecule has 0 fully saturated rings. The van der Waals surface area contributed by atoms with Gasteiger partial charge in [0.25, 0.3) is 0 Å². The highest BCUT2D eigenvalue weighted by molar-refractivity contribution is 7.90. The summed E-state index contributed by atoms with van der Waals surface area (Å²) in [5, 5.41) is 0. The summed E-state index contributed by atoms with van der Waals surface area (Å²) in [4.78, 5) is 0. The number of hydrogen-bond donors (Lipinski definition) is 2. The second-order valence-corrected chi connectivity index (χ2v) is 5.52. The minimum absolute atomic E-state index is 0.434. The lowest BCUT2D eigenvalue weighted by molar-refractivity contribution is 0.328. The van der Waals surface area contributed by atoms with Crippen LogP contribution in [-0.2, 0) is 10.2 Å². The van der Waals surface area contributed by atoms with Crippen LogP contribution >= 0.6 is 0 Å². The van der Waals surface area contributed by atoms with E-state index in [4.69, 9.17) is 10.5 Å². The first-order valence-corrected chi connectivity index (χ1v) is 7.68. The van der Waals surface area contributed by atoms with Crippen LogP contribution in [0, 0.1) is 0 Å². The summed E-state index contributed by atoms with van der Waals surface area (Å²) in [6.45, 7) is 5.34. The van der Waals surface area contributed by atoms with Gasteiger partial charge in [-0.1, -0.05) is 13.8 Å². The Morgan fingerprint density at radius 2 is 1.79 bits per heavy atom. The van der Waals surface area contributed by atoms with E-state index in [1.165, 1.54) is 4.31 Å². The summed E-state index contributed by atoms with van der Waals surface area (Å²) in [5.74, 6) is 0.663. The number of hydrogen-bond acceptors (Lipinski definition) is 4. The van der Waals surface area contributed by atoms with Gasteiger partial charge in [0.05, 0.1) is 5.69 Å². The second kappa shape index (κ2) is 7.32. The fourth-order valence-electron chi connectivity index (χ4n) is 1.57. The van der Waals surface area contributed by atoms with E-state index in [2.05, 4.69) is 4.72 Å². The third kappa shape index (κ3) is 4.70. The van der Waals surface area contributed by atoms with Crippen LogP contribution in [0.2, 0.25) is 0 Å². The Labute approximate surface area is 114 Å². The summed E-state index contributed by atoms with van der Waals surface area (Å²) < 4.78 is 33.2. The van der Waals surface area contributed by atoms with E-state index in [0.717, 1.165) is 0 Å². The number of ether oxygens (including phenoxy) is 1. The van der Waals surface area contributed by atoms with E-state index >= 15 is 0 Å². The molecule has 0 radical (unpaired) electrons. The van der Waals surface area contributed by atoms with Gasteiger partial charge in [-0.15, -0.1) is 0 Å². The second-order valence-electron chi connectivity index (χ2n) is 3.85. The molecule has 0 spiro atoms. The molecule has 0 saturated heterocycles. The summed E-state index contributed by atoms with van der Waals surface area (Å²) in [5.41, 5.74) is 5.84. The van der Waals surface area contributed by atoms with Crippen molar-refractivity contribution in [1.29, 1.82) is 0 Å². The fraction of sp³-hybridized carbons (Fsp3) is 0.500. The number of nitrogens with one attached hydrogen (secondary N) is 1. The van der Waals surface area contributed by atoms with Crippen LogP contribution in [0.15, 0.2) is 24.3 Å². The van der Waals surface area contributed by atoms with Crippen molar-refractivity contribution in [2.75, 3.05) is 31.0 Å². The van der Waals surface area contributed by atoms with E-state index in [0.29, 0.717) is 37.7 Å². The zero-order valence-electron chi connectivity index (χ0n) is 11.3. The quantitative estimate of drug-likeness (QED) is 0.747. The molecule has 0 atom stereocenters. The highest BCUT2D eigenvalue weighted by Crippen LogP contribution is 2.17. The van der Waals surface area contributed by atoms with Crippen LogP contribution in [0.1, 0.15) is 13.8 Å². The molecular formula is C12H21N3O3S. The van der Waals surface area contributed by atoms with E-state index in [1.54, 1.807) is 38.1 Å². The minimum Gasteiger partial charge on any atom is -0.492 e. The summed E-state index contributed by atoms with van der Waals surface area (Å²) >= 11 is 0. The fourth-order valence-corrected chi connectivity index (χ4v) is 2.82. The molecule has 3 N–H and O–H groups in total. The molecule has 0 aliphatic carbocycles. The zero-order chi connectivity index (χ0) is 14.3. The highest BCUT2D eigenvalue weighted by atomic mass is 32.2. The third-order valence-corrected chi connectivity index (χ3v) is 4.22. The molecule has 0 amide bonds. The van der Waals surface area contributed by atoms with Gasteiger partial charge in [0, 0.05) is 19.6 Å². The Kier molecular flexibility index (Phi) is 6.07. The first kappa shape index (κ1) is 15.7. The molecule has 1 rings (SSSR count). The Bertz CT molecular complexity index is 469. The number of nitrogens with two attached hydrogens (primary N) is 1. The van der Waals surface area contributed by atoms with Crippen molar-refractivity contribution >= 4 is 15.9 Å². The average molecular weight is 287 g/mol. The first-order chi connectivity index (χ1) is 9.03. The minimum atomic E-state index is -3.48. The standard InChI is InChI=1S/C12H21N3O3S/c1-3-15(4-2)19(16,17)14-11-5-7-12(8-6-11)18-10-9-13/h5-8,14H,3-4,9-10,13H2,1-2H3. The van der Waals surface area contributed by atoms with E-state index in [1.807, 2.05) is 0 Å². The maximum absolute atomic E-state index is 12.0. The van der Waals surface area contributed by atoms with Crippen molar-refractivity contribution in [3.8, 4) is 5.75 Å². The van der Waals surface area contributed by atoms with Crippen molar-refractivity contribution in [2.24, 2.45) is 5.73 Å². The van der Waals surface area contributed by atoms with Crippen LogP contribution in [-0.4, -0.2) is 39.0 Å². The van der Waals surface area contributed by atoms with Gasteiger partial charge in [0.1, 0.15) is 12.4 Å². The zero-order valence-corrected chi connectivity index (χ0v) is 12.1. The maximum Gasteiger partial charge on any atom is 0.301 e. The van der Waals surface area contributed by atoms with Crippen LogP contribution in [0.4, 0.5) is 5.69 Å². The average Bonchev–Trinajstić information content (AvgIpc) is 2.38. The van der Waals surface area contributed by atoms with Crippen LogP contribution in [0.25, 0.3) is 0 Å². The van der Waals surface area contributed by atoms with Crippen molar-refractivity contribution < 1.29 is 13.2 Å². The van der Waals surface area contributed by atoms with Gasteiger partial charge in [-0.25, -0.2) is 0 Å². The number of anilines is 1. The molecule has 1 aromatic rings. The first-order valence-electron chi connectivity index (χ1n) is 6.24. The molecule has 7 heteroatoms. The molecule has 1 aromatic carbocycles. The lowest BCUT2D eigenvalue weighted by Gasteiger charge is -2.19. The molecule has 0 bridgehead atoms. The highest BCUT2D eigenvalue weighted by Gasteiger charge is 2.17. The SMILES string of the molecule is CCN(CC)S(=O)(=O)Nc1ccc(OCCN)cc1. The van der Waals surface area contributed by atoms with Gasteiger partial charge in [-0.2, -0.15) is 12.7 Å². The molecule has 0 aromatic heterocycles. The Balaban J connectivity index is 2.72. The molecular weight excluding hydrogens is 266 g/mol. The summed E-state index contributed by atoms with van der Waals surface area (Å²) in [7, 11) is -3.48. The molecule has 0 unspecified atom stereocenters. The monoisotopic (exact) mass is 287 g/mol. The van der Waals surface area contributed by atoms with Gasteiger partial charge in [0.2, 0.25) is 0 Å². The topological polar surface area (TPSA) is 84.7 Å². The lowest BCUT2D eigenvalue weighted by Crippen LogP contribution is -2.35. The van der Waals surface area contributed by atoms with Gasteiger partial charge in [0.15, 0.2) is 0 Å². The van der Waals surface area contributed by atoms with Gasteiger partial charge >= 0.3 is 10.2 Å². The summed E-state index contributed by atoms with van der Waals surface area (Å²) in [6, 6.07) is 6.73. The maximum atomic E-state index is 12.0. The molecule has 0 aliphatic rings. The molecule has 108 valence electrons. The Morgan fingerprint density at radius 3 is 2.26 bits per heavy atom. The van der Waals surface area contributed by atoms with Crippen molar-refractivity contribution in [2.45, 2.75) is 13.8 Å². The smallest absolute Gasteiger partial charge is 0.301 e. The van der Waals surface area contributed by atoms with E-state index in [9.17, 15) is 8.42 Å². The predicted molar refractivity (Wildman–Crippen MR) is 76.5 cm³/mol. The normalized spacial score (nSPS) is 11.6. The molecule has 0 heterocycles. The number of rotatable bonds is 8. The van der Waals surface area contributed by atoms with Gasteiger partial charge < -0.3 is 10.5 Å². The lowest BCUT2D eigenvalue weighted by atomic mass is 10.3. The van der Waals surface area contributed by atoms with Gasteiger partial charge in [-0.3, -0.25) is 4.72 Å². The number of benzene rings is 1. The number of nitrogens with zero attached hydrogens (tertiary/aromatic N) is 1. The van der Waals surface area contributed by atoms with Crippen molar-refractivity contribution in [3.05, 3.63) is 24.3 Å². The molecule has 6 nitrogen and oxygen atoms in total. The third-order valence-electron chi connectivity index (χ3n) is 2.53. The van der Waals surface area contributed by atoms with E-state index < -0.39 is 10.2 Å². The summed E-state index contributed by atoms with van der Waals surface area (Å²) in [6.07, 6.45) is 0. The van der Waals surface area contributed by atoms with Crippen molar-refractivity contribution in [1.82, 2.24) is 4.31 Å². The van der Waals surface area contributed by atoms with Crippen LogP contribution in [0.5, 0.6) is 5.75 Å². The Hall–Kier alpha value is -1.31. The van der Waals surface area contributed by atoms with Crippen LogP contribution < -0.4 is 15.2 Å². The predicted octanol–water partition coefficient (Wildman–Crippen LogP) is 1.02. The Morgan fingerprint density at radius 1 is 1.21 bits per heavy atom.